The zero-order chi connectivity index (χ0) is 18.3. The molecule has 1 atom stereocenters. The molecule has 0 aromatic carbocycles. The summed E-state index contributed by atoms with van der Waals surface area (Å²) in [6.07, 6.45) is 15.3. The molecule has 0 radical (unpaired) electrons. The second kappa shape index (κ2) is 17.1. The first-order chi connectivity index (χ1) is 11.3. The number of hydrogen-bond donors (Lipinski definition) is 3. The van der Waals surface area contributed by atoms with Crippen LogP contribution in [0.4, 0.5) is 0 Å². The van der Waals surface area contributed by atoms with E-state index in [-0.39, 0.29) is 27.7 Å². The summed E-state index contributed by atoms with van der Waals surface area (Å²) in [6.45, 7) is 2.18. The molecule has 0 bridgehead atoms. The van der Waals surface area contributed by atoms with Crippen molar-refractivity contribution in [1.82, 2.24) is 0 Å². The van der Waals surface area contributed by atoms with E-state index in [1.807, 2.05) is 0 Å². The first kappa shape index (κ1) is 28.2. The van der Waals surface area contributed by atoms with Gasteiger partial charge in [-0.1, -0.05) is 84.0 Å². The minimum Gasteiger partial charge on any atom is -0.302 e. The van der Waals surface area contributed by atoms with Gasteiger partial charge in [0, 0.05) is 21.1 Å². The summed E-state index contributed by atoms with van der Waals surface area (Å²) in [5, 5.41) is 0. The van der Waals surface area contributed by atoms with Crippen LogP contribution < -0.4 is 0 Å². The summed E-state index contributed by atoms with van der Waals surface area (Å²) in [5.41, 5.74) is 0. The topological polar surface area (TPSA) is 113 Å². The zero-order valence-electron chi connectivity index (χ0n) is 15.2. The number of hydrogen-bond acceptors (Lipinski definition) is 4. The van der Waals surface area contributed by atoms with Crippen molar-refractivity contribution < 1.29 is 53.7 Å². The van der Waals surface area contributed by atoms with Crippen molar-refractivity contribution in [1.29, 1.82) is 0 Å². The van der Waals surface area contributed by atoms with Gasteiger partial charge in [0.2, 0.25) is 0 Å². The van der Waals surface area contributed by atoms with Gasteiger partial charge in [0.15, 0.2) is 0 Å². The second-order valence-corrected chi connectivity index (χ2v) is 8.95. The van der Waals surface area contributed by atoms with Gasteiger partial charge in [0.25, 0.3) is 0 Å². The Morgan fingerprint density at radius 1 is 0.680 bits per heavy atom. The molecule has 0 heterocycles. The van der Waals surface area contributed by atoms with Crippen LogP contribution in [0.2, 0.25) is 0 Å². The van der Waals surface area contributed by atoms with E-state index in [0.717, 1.165) is 19.3 Å². The summed E-state index contributed by atoms with van der Waals surface area (Å²) in [4.78, 5) is 26.0. The predicted octanol–water partition coefficient (Wildman–Crippen LogP) is 5.30. The maximum absolute atomic E-state index is 11.2. The molecule has 7 nitrogen and oxygen atoms in total. The van der Waals surface area contributed by atoms with Crippen LogP contribution in [0.15, 0.2) is 0 Å². The fourth-order valence-electron chi connectivity index (χ4n) is 2.46. The molecule has 0 rings (SSSR count). The van der Waals surface area contributed by atoms with Crippen LogP contribution in [0, 0.1) is 0 Å². The third-order valence-corrected chi connectivity index (χ3v) is 5.90. The maximum atomic E-state index is 11.2. The molecule has 0 aromatic rings. The fourth-order valence-corrected chi connectivity index (χ4v) is 4.08. The van der Waals surface area contributed by atoms with Crippen LogP contribution in [0.25, 0.3) is 0 Å². The van der Waals surface area contributed by atoms with Gasteiger partial charge >= 0.3 is 15.6 Å². The smallest absolute Gasteiger partial charge is 0.302 e. The zero-order valence-corrected chi connectivity index (χ0v) is 19.9. The molecule has 10 heteroatoms. The Morgan fingerprint density at radius 2 is 1.04 bits per heavy atom. The van der Waals surface area contributed by atoms with Crippen molar-refractivity contribution in [2.24, 2.45) is 0 Å². The first-order valence-electron chi connectivity index (χ1n) is 9.01. The fraction of sp³-hybridized carbons (Fsp3) is 1.00. The van der Waals surface area contributed by atoms with Gasteiger partial charge in [-0.15, -0.1) is 0 Å². The molecule has 0 saturated heterocycles. The summed E-state index contributed by atoms with van der Waals surface area (Å²) < 4.78 is 29.8. The van der Waals surface area contributed by atoms with Crippen LogP contribution in [0.3, 0.4) is 0 Å². The van der Waals surface area contributed by atoms with Crippen molar-refractivity contribution >= 4 is 15.6 Å². The van der Waals surface area contributed by atoms with Crippen LogP contribution in [-0.2, 0) is 39.0 Å². The van der Waals surface area contributed by atoms with Crippen molar-refractivity contribution in [2.45, 2.75) is 90.4 Å². The Labute approximate surface area is 166 Å². The molecule has 0 aliphatic carbocycles. The Balaban J connectivity index is 0. The van der Waals surface area contributed by atoms with Gasteiger partial charge in [-0.3, -0.25) is 4.52 Å². The first-order valence-corrected chi connectivity index (χ1v) is 12.0. The molecule has 0 saturated carbocycles. The van der Waals surface area contributed by atoms with E-state index < -0.39 is 15.6 Å². The molecule has 3 N–H and O–H groups in total. The van der Waals surface area contributed by atoms with Crippen molar-refractivity contribution in [3.8, 4) is 0 Å². The Morgan fingerprint density at radius 3 is 1.40 bits per heavy atom. The normalized spacial score (nSPS) is 14.1. The van der Waals surface area contributed by atoms with Crippen LogP contribution >= 0.6 is 15.6 Å². The Hall–Kier alpha value is 0.948. The maximum Gasteiger partial charge on any atom is 0.481 e. The molecule has 0 fully saturated rings. The molecular weight excluding hydrogens is 538 g/mol. The monoisotopic (exact) mass is 572 g/mol. The number of rotatable bonds is 17. The summed E-state index contributed by atoms with van der Waals surface area (Å²) in [6, 6.07) is 0. The summed E-state index contributed by atoms with van der Waals surface area (Å²) in [7, 11) is -9.68. The van der Waals surface area contributed by atoms with E-state index in [0.29, 0.717) is 6.42 Å². The van der Waals surface area contributed by atoms with Crippen molar-refractivity contribution in [2.75, 3.05) is 6.61 Å². The average molecular weight is 572 g/mol. The van der Waals surface area contributed by atoms with Gasteiger partial charge < -0.3 is 14.7 Å². The van der Waals surface area contributed by atoms with Crippen LogP contribution in [-0.4, -0.2) is 21.3 Å². The summed E-state index contributed by atoms with van der Waals surface area (Å²) in [5.74, 6) is 0. The minimum atomic E-state index is -5.01. The van der Waals surface area contributed by atoms with Gasteiger partial charge in [-0.05, 0) is 6.42 Å². The molecule has 0 aromatic heterocycles. The van der Waals surface area contributed by atoms with Crippen molar-refractivity contribution in [3.63, 3.8) is 0 Å². The van der Waals surface area contributed by atoms with Crippen molar-refractivity contribution in [3.05, 3.63) is 0 Å². The van der Waals surface area contributed by atoms with Gasteiger partial charge in [-0.25, -0.2) is 9.13 Å². The van der Waals surface area contributed by atoms with E-state index >= 15 is 0 Å². The number of phosphoric acid groups is 2. The Bertz CT molecular complexity index is 390. The van der Waals surface area contributed by atoms with E-state index in [1.165, 1.54) is 57.8 Å². The molecule has 0 amide bonds. The Kier molecular flexibility index (Phi) is 19.2. The minimum absolute atomic E-state index is 0. The standard InChI is InChI=1S/C15H34O7P2.W/c1-2-3-4-5-6-7-8-9-10-11-12-13-14-15-21-24(19,20)22-23(16,17)18;/h2-15H2,1H3,(H,19,20)(H2,16,17,18);. The van der Waals surface area contributed by atoms with E-state index in [2.05, 4.69) is 15.8 Å². The van der Waals surface area contributed by atoms with E-state index in [4.69, 9.17) is 14.7 Å². The SMILES string of the molecule is CCCCCCCCCCCCCCCOP(=O)(O)OP(=O)(O)O.[W]. The predicted molar refractivity (Wildman–Crippen MR) is 94.6 cm³/mol. The third kappa shape index (κ3) is 22.9. The average Bonchev–Trinajstić information content (AvgIpc) is 2.45. The third-order valence-electron chi connectivity index (χ3n) is 3.71. The van der Waals surface area contributed by atoms with Crippen LogP contribution in [0.5, 0.6) is 0 Å². The number of unbranched alkanes of at least 4 members (excludes halogenated alkanes) is 12. The largest absolute Gasteiger partial charge is 0.481 e. The molecule has 152 valence electrons. The number of phosphoric ester groups is 1. The quantitative estimate of drug-likeness (QED) is 0.160. The molecule has 25 heavy (non-hydrogen) atoms. The van der Waals surface area contributed by atoms with Gasteiger partial charge in [0.1, 0.15) is 0 Å². The molecule has 0 aliphatic rings. The summed E-state index contributed by atoms with van der Waals surface area (Å²) >= 11 is 0. The molecule has 0 spiro atoms. The molecule has 1 unspecified atom stereocenters. The molecule has 0 aliphatic heterocycles. The van der Waals surface area contributed by atoms with E-state index in [9.17, 15) is 9.13 Å². The second-order valence-electron chi connectivity index (χ2n) is 6.12. The van der Waals surface area contributed by atoms with Gasteiger partial charge in [-0.2, -0.15) is 4.31 Å². The van der Waals surface area contributed by atoms with Gasteiger partial charge in [0.05, 0.1) is 6.61 Å². The molecular formula is C15H34O7P2W. The van der Waals surface area contributed by atoms with Crippen LogP contribution in [0.1, 0.15) is 90.4 Å². The van der Waals surface area contributed by atoms with E-state index in [1.54, 1.807) is 0 Å².